The molecule has 1 heterocycles. The highest BCUT2D eigenvalue weighted by molar-refractivity contribution is 5.81. The van der Waals surface area contributed by atoms with E-state index >= 15 is 0 Å². The van der Waals surface area contributed by atoms with Crippen LogP contribution in [0.2, 0.25) is 0 Å². The number of hydrogen-bond donors (Lipinski definition) is 0. The van der Waals surface area contributed by atoms with Crippen LogP contribution in [0.3, 0.4) is 0 Å². The first-order valence-corrected chi connectivity index (χ1v) is 6.40. The number of ether oxygens (including phenoxy) is 3. The van der Waals surface area contributed by atoms with E-state index in [0.29, 0.717) is 0 Å². The van der Waals surface area contributed by atoms with Gasteiger partial charge >= 0.3 is 5.97 Å². The van der Waals surface area contributed by atoms with E-state index in [9.17, 15) is 9.18 Å². The summed E-state index contributed by atoms with van der Waals surface area (Å²) in [6, 6.07) is 7.33. The average molecular weight is 306 g/mol. The van der Waals surface area contributed by atoms with Crippen molar-refractivity contribution < 1.29 is 23.4 Å². The molecule has 116 valence electrons. The number of carbonyl (C=O) groups excluding carboxylic acids is 1. The molecule has 1 atom stereocenters. The number of benzene rings is 1. The monoisotopic (exact) mass is 306 g/mol. The Labute approximate surface area is 126 Å². The van der Waals surface area contributed by atoms with Gasteiger partial charge in [0.15, 0.2) is 5.82 Å². The van der Waals surface area contributed by atoms with Crippen molar-refractivity contribution in [2.75, 3.05) is 21.3 Å². The minimum atomic E-state index is -1.12. The van der Waals surface area contributed by atoms with E-state index in [1.807, 2.05) is 0 Å². The average Bonchev–Trinajstić information content (AvgIpc) is 2.56. The van der Waals surface area contributed by atoms with Gasteiger partial charge in [-0.05, 0) is 6.07 Å². The van der Waals surface area contributed by atoms with Gasteiger partial charge < -0.3 is 14.2 Å². The van der Waals surface area contributed by atoms with Crippen LogP contribution in [-0.4, -0.2) is 37.3 Å². The van der Waals surface area contributed by atoms with Gasteiger partial charge in [0.05, 0.1) is 27.4 Å². The fourth-order valence-electron chi connectivity index (χ4n) is 1.96. The Morgan fingerprint density at radius 3 is 2.18 bits per heavy atom. The normalized spacial score (nSPS) is 11.6. The molecule has 0 N–H and O–H groups in total. The Morgan fingerprint density at radius 2 is 1.68 bits per heavy atom. The van der Waals surface area contributed by atoms with Crippen LogP contribution in [0.25, 0.3) is 0 Å². The first-order valence-electron chi connectivity index (χ1n) is 6.40. The van der Waals surface area contributed by atoms with Crippen molar-refractivity contribution in [2.24, 2.45) is 0 Å². The Hall–Kier alpha value is -2.70. The number of hydrogen-bond acceptors (Lipinski definition) is 6. The third-order valence-electron chi connectivity index (χ3n) is 3.03. The number of esters is 1. The molecule has 0 bridgehead atoms. The summed E-state index contributed by atoms with van der Waals surface area (Å²) in [6.07, 6.45) is 0. The largest absolute Gasteiger partial charge is 0.481 e. The molecular formula is C15H15FN2O4. The summed E-state index contributed by atoms with van der Waals surface area (Å²) in [7, 11) is 4.05. The predicted molar refractivity (Wildman–Crippen MR) is 75.4 cm³/mol. The van der Waals surface area contributed by atoms with E-state index in [2.05, 4.69) is 9.97 Å². The van der Waals surface area contributed by atoms with Gasteiger partial charge in [-0.2, -0.15) is 9.97 Å². The Morgan fingerprint density at radius 1 is 1.09 bits per heavy atom. The van der Waals surface area contributed by atoms with Crippen molar-refractivity contribution >= 4 is 5.97 Å². The van der Waals surface area contributed by atoms with Gasteiger partial charge in [0, 0.05) is 5.56 Å². The van der Waals surface area contributed by atoms with Crippen LogP contribution >= 0.6 is 0 Å². The first kappa shape index (κ1) is 15.7. The Kier molecular flexibility index (Phi) is 4.88. The number of rotatable bonds is 5. The Balaban J connectivity index is 2.60. The van der Waals surface area contributed by atoms with Crippen LogP contribution < -0.4 is 9.47 Å². The zero-order valence-corrected chi connectivity index (χ0v) is 12.4. The van der Waals surface area contributed by atoms with Crippen molar-refractivity contribution in [3.05, 3.63) is 47.5 Å². The van der Waals surface area contributed by atoms with Gasteiger partial charge in [-0.3, -0.25) is 4.79 Å². The summed E-state index contributed by atoms with van der Waals surface area (Å²) in [5, 5.41) is 0. The van der Waals surface area contributed by atoms with E-state index in [0.717, 1.165) is 0 Å². The highest BCUT2D eigenvalue weighted by atomic mass is 19.1. The lowest BCUT2D eigenvalue weighted by Crippen LogP contribution is -2.20. The summed E-state index contributed by atoms with van der Waals surface area (Å²) < 4.78 is 28.9. The molecule has 0 amide bonds. The number of methoxy groups -OCH3 is 3. The molecule has 2 aromatic rings. The van der Waals surface area contributed by atoms with Crippen LogP contribution in [0.1, 0.15) is 17.3 Å². The summed E-state index contributed by atoms with van der Waals surface area (Å²) in [6.45, 7) is 0. The topological polar surface area (TPSA) is 70.5 Å². The number of aromatic nitrogens is 2. The zero-order chi connectivity index (χ0) is 16.1. The van der Waals surface area contributed by atoms with Crippen molar-refractivity contribution in [1.29, 1.82) is 0 Å². The molecular weight excluding hydrogens is 291 g/mol. The Bertz CT molecular complexity index is 656. The molecule has 0 radical (unpaired) electrons. The van der Waals surface area contributed by atoms with E-state index in [1.54, 1.807) is 6.07 Å². The van der Waals surface area contributed by atoms with E-state index in [-0.39, 0.29) is 23.1 Å². The van der Waals surface area contributed by atoms with Crippen molar-refractivity contribution in [1.82, 2.24) is 9.97 Å². The maximum Gasteiger partial charge on any atom is 0.321 e. The highest BCUT2D eigenvalue weighted by Gasteiger charge is 2.30. The molecule has 22 heavy (non-hydrogen) atoms. The number of nitrogens with zero attached hydrogens (tertiary/aromatic N) is 2. The number of carbonyl (C=O) groups is 1. The van der Waals surface area contributed by atoms with E-state index in [1.165, 1.54) is 45.6 Å². The quantitative estimate of drug-likeness (QED) is 0.786. The maximum absolute atomic E-state index is 14.1. The minimum absolute atomic E-state index is 0.0353. The van der Waals surface area contributed by atoms with Crippen LogP contribution in [0.4, 0.5) is 4.39 Å². The fourth-order valence-corrected chi connectivity index (χ4v) is 1.96. The van der Waals surface area contributed by atoms with Crippen LogP contribution in [0, 0.1) is 5.82 Å². The van der Waals surface area contributed by atoms with Gasteiger partial charge in [-0.1, -0.05) is 18.2 Å². The third kappa shape index (κ3) is 3.13. The SMILES string of the molecule is COC(=O)C(c1nc(OC)cc(OC)n1)c1ccccc1F. The summed E-state index contributed by atoms with van der Waals surface area (Å²) in [5.41, 5.74) is 0.115. The van der Waals surface area contributed by atoms with Gasteiger partial charge in [0.2, 0.25) is 11.8 Å². The smallest absolute Gasteiger partial charge is 0.321 e. The van der Waals surface area contributed by atoms with Crippen molar-refractivity contribution in [3.63, 3.8) is 0 Å². The molecule has 1 aromatic heterocycles. The zero-order valence-electron chi connectivity index (χ0n) is 12.4. The molecule has 7 heteroatoms. The first-order chi connectivity index (χ1) is 10.6. The molecule has 0 aliphatic heterocycles. The van der Waals surface area contributed by atoms with E-state index < -0.39 is 17.7 Å². The van der Waals surface area contributed by atoms with Crippen molar-refractivity contribution in [3.8, 4) is 11.8 Å². The lowest BCUT2D eigenvalue weighted by molar-refractivity contribution is -0.141. The molecule has 0 aliphatic carbocycles. The molecule has 0 saturated heterocycles. The van der Waals surface area contributed by atoms with Crippen LogP contribution in [0.5, 0.6) is 11.8 Å². The molecule has 0 fully saturated rings. The molecule has 6 nitrogen and oxygen atoms in total. The minimum Gasteiger partial charge on any atom is -0.481 e. The summed E-state index contributed by atoms with van der Waals surface area (Å²) in [5.74, 6) is -1.91. The van der Waals surface area contributed by atoms with Crippen molar-refractivity contribution in [2.45, 2.75) is 5.92 Å². The van der Waals surface area contributed by atoms with Crippen LogP contribution in [-0.2, 0) is 9.53 Å². The van der Waals surface area contributed by atoms with Gasteiger partial charge in [-0.15, -0.1) is 0 Å². The van der Waals surface area contributed by atoms with Crippen LogP contribution in [0.15, 0.2) is 30.3 Å². The molecule has 0 aliphatic rings. The third-order valence-corrected chi connectivity index (χ3v) is 3.03. The fraction of sp³-hybridized carbons (Fsp3) is 0.267. The van der Waals surface area contributed by atoms with Gasteiger partial charge in [0.1, 0.15) is 11.7 Å². The second-order valence-electron chi connectivity index (χ2n) is 4.29. The standard InChI is InChI=1S/C15H15FN2O4/c1-20-11-8-12(21-2)18-14(17-11)13(15(19)22-3)9-6-4-5-7-10(9)16/h4-8,13H,1-3H3. The summed E-state index contributed by atoms with van der Waals surface area (Å²) >= 11 is 0. The highest BCUT2D eigenvalue weighted by Crippen LogP contribution is 2.28. The second kappa shape index (κ2) is 6.84. The van der Waals surface area contributed by atoms with Gasteiger partial charge in [0.25, 0.3) is 0 Å². The molecule has 2 rings (SSSR count). The van der Waals surface area contributed by atoms with E-state index in [4.69, 9.17) is 14.2 Å². The molecule has 1 unspecified atom stereocenters. The molecule has 0 spiro atoms. The van der Waals surface area contributed by atoms with Gasteiger partial charge in [-0.25, -0.2) is 4.39 Å². The number of halogens is 1. The molecule has 1 aromatic carbocycles. The summed E-state index contributed by atoms with van der Waals surface area (Å²) in [4.78, 5) is 20.3. The lowest BCUT2D eigenvalue weighted by Gasteiger charge is -2.15. The molecule has 0 saturated carbocycles. The predicted octanol–water partition coefficient (Wildman–Crippen LogP) is 1.94. The maximum atomic E-state index is 14.1. The lowest BCUT2D eigenvalue weighted by atomic mass is 9.97. The second-order valence-corrected chi connectivity index (χ2v) is 4.29.